The van der Waals surface area contributed by atoms with E-state index in [1.54, 1.807) is 0 Å². The zero-order valence-corrected chi connectivity index (χ0v) is 10.0. The van der Waals surface area contributed by atoms with E-state index >= 15 is 0 Å². The molecule has 0 spiro atoms. The van der Waals surface area contributed by atoms with Crippen molar-refractivity contribution < 1.29 is 4.42 Å². The molecule has 0 bridgehead atoms. The monoisotopic (exact) mass is 258 g/mol. The van der Waals surface area contributed by atoms with E-state index in [-0.39, 0.29) is 0 Å². The lowest BCUT2D eigenvalue weighted by molar-refractivity contribution is 0.149. The van der Waals surface area contributed by atoms with Crippen LogP contribution in [0.25, 0.3) is 0 Å². The number of hydrogen-bond donors (Lipinski definition) is 1. The van der Waals surface area contributed by atoms with Crippen molar-refractivity contribution in [3.8, 4) is 0 Å². The van der Waals surface area contributed by atoms with Crippen LogP contribution < -0.4 is 5.32 Å². The summed E-state index contributed by atoms with van der Waals surface area (Å²) >= 11 is 3.30. The Morgan fingerprint density at radius 3 is 2.79 bits per heavy atom. The third-order valence-electron chi connectivity index (χ3n) is 2.57. The second-order valence-corrected chi connectivity index (χ2v) is 4.73. The Morgan fingerprint density at radius 2 is 2.29 bits per heavy atom. The summed E-state index contributed by atoms with van der Waals surface area (Å²) in [6.07, 6.45) is 0. The second kappa shape index (κ2) is 4.04. The van der Waals surface area contributed by atoms with Gasteiger partial charge in [-0.3, -0.25) is 0 Å². The van der Waals surface area contributed by atoms with Crippen molar-refractivity contribution in [1.29, 1.82) is 0 Å². The van der Waals surface area contributed by atoms with E-state index in [1.165, 1.54) is 0 Å². The van der Waals surface area contributed by atoms with Crippen LogP contribution in [0.3, 0.4) is 0 Å². The van der Waals surface area contributed by atoms with Gasteiger partial charge in [0.2, 0.25) is 0 Å². The summed E-state index contributed by atoms with van der Waals surface area (Å²) in [4.78, 5) is 2.29. The molecule has 0 radical (unpaired) electrons. The quantitative estimate of drug-likeness (QED) is 0.900. The number of likely N-dealkylation sites (N-methyl/N-ethyl adjacent to an activating group) is 1. The van der Waals surface area contributed by atoms with Crippen LogP contribution in [0.5, 0.6) is 0 Å². The Morgan fingerprint density at radius 1 is 1.57 bits per heavy atom. The fourth-order valence-electron chi connectivity index (χ4n) is 1.80. The molecule has 1 aromatic heterocycles. The van der Waals surface area contributed by atoms with Crippen LogP contribution in [-0.4, -0.2) is 31.1 Å². The maximum absolute atomic E-state index is 5.48. The van der Waals surface area contributed by atoms with Crippen LogP contribution >= 0.6 is 15.9 Å². The molecule has 1 aliphatic heterocycles. The molecule has 4 heteroatoms. The average molecular weight is 259 g/mol. The zero-order valence-electron chi connectivity index (χ0n) is 8.46. The van der Waals surface area contributed by atoms with Crippen molar-refractivity contribution in [2.75, 3.05) is 20.1 Å². The number of nitrogens with zero attached hydrogens (tertiary/aromatic N) is 1. The third-order valence-corrected chi connectivity index (χ3v) is 3.00. The van der Waals surface area contributed by atoms with Crippen molar-refractivity contribution in [2.24, 2.45) is 0 Å². The molecular weight excluding hydrogens is 244 g/mol. The lowest BCUT2D eigenvalue weighted by atomic mass is 10.1. The largest absolute Gasteiger partial charge is 0.453 e. The van der Waals surface area contributed by atoms with Gasteiger partial charge >= 0.3 is 0 Å². The highest BCUT2D eigenvalue weighted by molar-refractivity contribution is 9.10. The molecule has 1 aliphatic rings. The number of hydrogen-bond acceptors (Lipinski definition) is 3. The minimum absolute atomic E-state index is 0.292. The van der Waals surface area contributed by atoms with Gasteiger partial charge in [0.25, 0.3) is 0 Å². The van der Waals surface area contributed by atoms with Gasteiger partial charge in [-0.05, 0) is 42.0 Å². The van der Waals surface area contributed by atoms with Crippen LogP contribution in [-0.2, 0) is 0 Å². The Bertz CT molecular complexity index is 307. The van der Waals surface area contributed by atoms with E-state index in [0.717, 1.165) is 23.5 Å². The lowest BCUT2D eigenvalue weighted by Gasteiger charge is -2.38. The fraction of sp³-hybridized carbons (Fsp3) is 0.600. The topological polar surface area (TPSA) is 28.4 Å². The first kappa shape index (κ1) is 10.2. The lowest BCUT2D eigenvalue weighted by Crippen LogP contribution is -2.56. The maximum Gasteiger partial charge on any atom is 0.169 e. The minimum atomic E-state index is 0.292. The first-order valence-corrected chi connectivity index (χ1v) is 5.64. The van der Waals surface area contributed by atoms with Gasteiger partial charge in [0.1, 0.15) is 5.76 Å². The molecule has 1 aromatic rings. The van der Waals surface area contributed by atoms with E-state index in [0.29, 0.717) is 12.1 Å². The van der Waals surface area contributed by atoms with E-state index in [9.17, 15) is 0 Å². The highest BCUT2D eigenvalue weighted by atomic mass is 79.9. The Labute approximate surface area is 92.6 Å². The van der Waals surface area contributed by atoms with E-state index < -0.39 is 0 Å². The van der Waals surface area contributed by atoms with E-state index in [1.807, 2.05) is 12.1 Å². The summed E-state index contributed by atoms with van der Waals surface area (Å²) in [6.45, 7) is 4.39. The number of nitrogens with one attached hydrogen (secondary N) is 1. The first-order chi connectivity index (χ1) is 6.65. The SMILES string of the molecule is CC(NC1CN(C)C1)c1ccc(Br)o1. The molecule has 1 saturated heterocycles. The molecular formula is C10H15BrN2O. The Kier molecular flexibility index (Phi) is 2.95. The van der Waals surface area contributed by atoms with Gasteiger partial charge in [-0.1, -0.05) is 0 Å². The van der Waals surface area contributed by atoms with Gasteiger partial charge in [0, 0.05) is 19.1 Å². The number of furan rings is 1. The highest BCUT2D eigenvalue weighted by Crippen LogP contribution is 2.21. The first-order valence-electron chi connectivity index (χ1n) is 4.85. The van der Waals surface area contributed by atoms with Crippen molar-refractivity contribution in [3.63, 3.8) is 0 Å². The molecule has 1 N–H and O–H groups in total. The van der Waals surface area contributed by atoms with Gasteiger partial charge in [-0.15, -0.1) is 0 Å². The molecule has 1 fully saturated rings. The Hall–Kier alpha value is -0.320. The highest BCUT2D eigenvalue weighted by Gasteiger charge is 2.25. The van der Waals surface area contributed by atoms with Crippen LogP contribution in [0.15, 0.2) is 21.2 Å². The smallest absolute Gasteiger partial charge is 0.169 e. The second-order valence-electron chi connectivity index (χ2n) is 3.95. The molecule has 78 valence electrons. The maximum atomic E-state index is 5.48. The van der Waals surface area contributed by atoms with Crippen molar-refractivity contribution in [2.45, 2.75) is 19.0 Å². The fourth-order valence-corrected chi connectivity index (χ4v) is 2.12. The van der Waals surface area contributed by atoms with Gasteiger partial charge < -0.3 is 14.6 Å². The molecule has 14 heavy (non-hydrogen) atoms. The molecule has 0 amide bonds. The Balaban J connectivity index is 1.86. The number of likely N-dealkylation sites (tertiary alicyclic amines) is 1. The minimum Gasteiger partial charge on any atom is -0.453 e. The molecule has 2 heterocycles. The summed E-state index contributed by atoms with van der Waals surface area (Å²) in [5.41, 5.74) is 0. The van der Waals surface area contributed by atoms with E-state index in [2.05, 4.69) is 40.1 Å². The van der Waals surface area contributed by atoms with Crippen molar-refractivity contribution >= 4 is 15.9 Å². The van der Waals surface area contributed by atoms with Gasteiger partial charge in [0.15, 0.2) is 4.67 Å². The van der Waals surface area contributed by atoms with Gasteiger partial charge in [-0.2, -0.15) is 0 Å². The van der Waals surface area contributed by atoms with Crippen molar-refractivity contribution in [1.82, 2.24) is 10.2 Å². The predicted octanol–water partition coefficient (Wildman–Crippen LogP) is 2.01. The van der Waals surface area contributed by atoms with Gasteiger partial charge in [-0.25, -0.2) is 0 Å². The van der Waals surface area contributed by atoms with Gasteiger partial charge in [0.05, 0.1) is 6.04 Å². The molecule has 0 aromatic carbocycles. The van der Waals surface area contributed by atoms with Crippen molar-refractivity contribution in [3.05, 3.63) is 22.6 Å². The normalized spacial score (nSPS) is 20.8. The van der Waals surface area contributed by atoms with E-state index in [4.69, 9.17) is 4.42 Å². The summed E-state index contributed by atoms with van der Waals surface area (Å²) in [5.74, 6) is 0.992. The summed E-state index contributed by atoms with van der Waals surface area (Å²) in [6, 6.07) is 4.84. The van der Waals surface area contributed by atoms with Crippen LogP contribution in [0, 0.1) is 0 Å². The molecule has 0 aliphatic carbocycles. The summed E-state index contributed by atoms with van der Waals surface area (Å²) < 4.78 is 6.28. The van der Waals surface area contributed by atoms with Crippen LogP contribution in [0.1, 0.15) is 18.7 Å². The molecule has 2 rings (SSSR count). The summed E-state index contributed by atoms with van der Waals surface area (Å²) in [5, 5.41) is 3.52. The van der Waals surface area contributed by atoms with Crippen LogP contribution in [0.4, 0.5) is 0 Å². The molecule has 3 nitrogen and oxygen atoms in total. The molecule has 1 unspecified atom stereocenters. The average Bonchev–Trinajstić information content (AvgIpc) is 2.49. The standard InChI is InChI=1S/C10H15BrN2O/c1-7(9-3-4-10(11)14-9)12-8-5-13(2)6-8/h3-4,7-8,12H,5-6H2,1-2H3. The summed E-state index contributed by atoms with van der Waals surface area (Å²) in [7, 11) is 2.13. The molecule has 1 atom stereocenters. The zero-order chi connectivity index (χ0) is 10.1. The number of halogens is 1. The number of rotatable bonds is 3. The third kappa shape index (κ3) is 2.19. The molecule has 0 saturated carbocycles. The predicted molar refractivity (Wildman–Crippen MR) is 59.2 cm³/mol. The van der Waals surface area contributed by atoms with Crippen LogP contribution in [0.2, 0.25) is 0 Å².